The molecule has 2 aliphatic rings. The van der Waals surface area contributed by atoms with Gasteiger partial charge >= 0.3 is 0 Å². The number of nitrogens with one attached hydrogen (secondary N) is 1. The highest BCUT2D eigenvalue weighted by atomic mass is 19.1. The monoisotopic (exact) mass is 450 g/mol. The summed E-state index contributed by atoms with van der Waals surface area (Å²) in [5.41, 5.74) is 2.98. The van der Waals surface area contributed by atoms with E-state index in [2.05, 4.69) is 29.3 Å². The van der Waals surface area contributed by atoms with Gasteiger partial charge in [-0.2, -0.15) is 0 Å². The number of hydrogen-bond donors (Lipinski definition) is 1. The van der Waals surface area contributed by atoms with Crippen molar-refractivity contribution in [2.24, 2.45) is 0 Å². The number of rotatable bonds is 5. The van der Waals surface area contributed by atoms with Crippen molar-refractivity contribution in [1.82, 2.24) is 10.2 Å². The van der Waals surface area contributed by atoms with Gasteiger partial charge in [0.05, 0.1) is 6.04 Å². The van der Waals surface area contributed by atoms with E-state index in [0.29, 0.717) is 13.2 Å². The number of nitrogens with zero attached hydrogens (tertiary/aromatic N) is 1. The van der Waals surface area contributed by atoms with Gasteiger partial charge in [-0.25, -0.2) is 8.78 Å². The van der Waals surface area contributed by atoms with Crippen molar-refractivity contribution >= 4 is 0 Å². The highest BCUT2D eigenvalue weighted by Gasteiger charge is 2.35. The smallest absolute Gasteiger partial charge is 0.161 e. The van der Waals surface area contributed by atoms with Gasteiger partial charge in [0, 0.05) is 25.2 Å². The molecule has 5 rings (SSSR count). The molecule has 6 heteroatoms. The van der Waals surface area contributed by atoms with Crippen LogP contribution >= 0.6 is 0 Å². The number of fused-ring (bicyclic) bond motifs is 1. The predicted octanol–water partition coefficient (Wildman–Crippen LogP) is 4.73. The molecule has 1 fully saturated rings. The Hall–Kier alpha value is -2.96. The molecule has 1 N–H and O–H groups in total. The first kappa shape index (κ1) is 21.9. The molecule has 3 aromatic rings. The molecule has 2 aliphatic heterocycles. The summed E-state index contributed by atoms with van der Waals surface area (Å²) in [5, 5.41) is 3.70. The van der Waals surface area contributed by atoms with E-state index in [0.717, 1.165) is 48.7 Å². The lowest BCUT2D eigenvalue weighted by Crippen LogP contribution is -2.60. The van der Waals surface area contributed by atoms with E-state index >= 15 is 0 Å². The molecule has 1 saturated heterocycles. The van der Waals surface area contributed by atoms with Crippen LogP contribution in [0.1, 0.15) is 29.7 Å². The van der Waals surface area contributed by atoms with Gasteiger partial charge in [-0.15, -0.1) is 0 Å². The van der Waals surface area contributed by atoms with Gasteiger partial charge < -0.3 is 14.8 Å². The first-order chi connectivity index (χ1) is 16.0. The number of ether oxygens (including phenoxy) is 2. The zero-order valence-electron chi connectivity index (χ0n) is 18.7. The molecule has 0 bridgehead atoms. The van der Waals surface area contributed by atoms with E-state index in [1.54, 1.807) is 0 Å². The zero-order chi connectivity index (χ0) is 22.8. The van der Waals surface area contributed by atoms with Crippen molar-refractivity contribution in [3.63, 3.8) is 0 Å². The molecule has 0 amide bonds. The molecule has 0 spiro atoms. The molecule has 0 saturated carbocycles. The van der Waals surface area contributed by atoms with Crippen LogP contribution < -0.4 is 14.8 Å². The Labute approximate surface area is 193 Å². The minimum atomic E-state index is -0.264. The lowest BCUT2D eigenvalue weighted by atomic mass is 9.87. The molecular weight excluding hydrogens is 422 g/mol. The third-order valence-electron chi connectivity index (χ3n) is 6.44. The van der Waals surface area contributed by atoms with Crippen molar-refractivity contribution in [3.8, 4) is 11.5 Å². The minimum Gasteiger partial charge on any atom is -0.486 e. The molecule has 33 heavy (non-hydrogen) atoms. The van der Waals surface area contributed by atoms with Crippen LogP contribution in [-0.4, -0.2) is 43.3 Å². The number of hydrogen-bond acceptors (Lipinski definition) is 4. The summed E-state index contributed by atoms with van der Waals surface area (Å²) in [6.07, 6.45) is 0.819. The second-order valence-electron chi connectivity index (χ2n) is 9.12. The normalized spacial score (nSPS) is 20.7. The van der Waals surface area contributed by atoms with Crippen molar-refractivity contribution in [3.05, 3.63) is 95.1 Å². The maximum atomic E-state index is 13.6. The van der Waals surface area contributed by atoms with Gasteiger partial charge in [0.15, 0.2) is 11.5 Å². The van der Waals surface area contributed by atoms with Crippen LogP contribution in [0.4, 0.5) is 8.78 Å². The molecule has 1 unspecified atom stereocenters. The lowest BCUT2D eigenvalue weighted by Gasteiger charge is -2.45. The predicted molar refractivity (Wildman–Crippen MR) is 124 cm³/mol. The Kier molecular flexibility index (Phi) is 6.04. The van der Waals surface area contributed by atoms with Crippen molar-refractivity contribution < 1.29 is 18.3 Å². The zero-order valence-corrected chi connectivity index (χ0v) is 18.7. The maximum Gasteiger partial charge on any atom is 0.161 e. The van der Waals surface area contributed by atoms with Gasteiger partial charge in [0.1, 0.15) is 24.8 Å². The first-order valence-corrected chi connectivity index (χ1v) is 11.4. The molecule has 3 aromatic carbocycles. The molecular formula is C27H28F2N2O2. The summed E-state index contributed by atoms with van der Waals surface area (Å²) < 4.78 is 38.7. The summed E-state index contributed by atoms with van der Waals surface area (Å²) in [5.74, 6) is 1.06. The number of piperazine rings is 1. The number of halogens is 2. The molecule has 0 aromatic heterocycles. The summed E-state index contributed by atoms with van der Waals surface area (Å²) in [6, 6.07) is 19.3. The van der Waals surface area contributed by atoms with Crippen LogP contribution in [0.25, 0.3) is 0 Å². The van der Waals surface area contributed by atoms with Gasteiger partial charge in [0.2, 0.25) is 0 Å². The third kappa shape index (κ3) is 4.87. The van der Waals surface area contributed by atoms with E-state index in [4.69, 9.17) is 9.47 Å². The Morgan fingerprint density at radius 3 is 2.12 bits per heavy atom. The van der Waals surface area contributed by atoms with E-state index in [1.165, 1.54) is 29.8 Å². The quantitative estimate of drug-likeness (QED) is 0.609. The van der Waals surface area contributed by atoms with E-state index in [9.17, 15) is 8.78 Å². The fraction of sp³-hybridized carbons (Fsp3) is 0.333. The molecule has 2 heterocycles. The van der Waals surface area contributed by atoms with Crippen LogP contribution in [0.15, 0.2) is 66.7 Å². The molecule has 0 aliphatic carbocycles. The molecule has 0 radical (unpaired) electrons. The second kappa shape index (κ2) is 9.12. The average Bonchev–Trinajstić information content (AvgIpc) is 2.81. The van der Waals surface area contributed by atoms with Gasteiger partial charge in [-0.05, 0) is 66.4 Å². The summed E-state index contributed by atoms with van der Waals surface area (Å²) in [7, 11) is 0. The van der Waals surface area contributed by atoms with E-state index < -0.39 is 0 Å². The Bertz CT molecular complexity index is 1060. The van der Waals surface area contributed by atoms with E-state index in [1.807, 2.05) is 30.3 Å². The lowest BCUT2D eigenvalue weighted by molar-refractivity contribution is 0.115. The van der Waals surface area contributed by atoms with Crippen LogP contribution in [0.3, 0.4) is 0 Å². The first-order valence-electron chi connectivity index (χ1n) is 11.4. The third-order valence-corrected chi connectivity index (χ3v) is 6.44. The van der Waals surface area contributed by atoms with Gasteiger partial charge in [0.25, 0.3) is 0 Å². The minimum absolute atomic E-state index is 0.0899. The summed E-state index contributed by atoms with van der Waals surface area (Å²) >= 11 is 0. The van der Waals surface area contributed by atoms with Crippen LogP contribution in [0.2, 0.25) is 0 Å². The van der Waals surface area contributed by atoms with Gasteiger partial charge in [-0.3, -0.25) is 4.90 Å². The largest absolute Gasteiger partial charge is 0.486 e. The van der Waals surface area contributed by atoms with E-state index in [-0.39, 0.29) is 23.2 Å². The SMILES string of the molecule is CC1(Cc2ccc3c(c2)OCCO3)CN(C(c2ccc(F)cc2)c2ccc(F)cc2)CCN1. The topological polar surface area (TPSA) is 33.7 Å². The van der Waals surface area contributed by atoms with Gasteiger partial charge in [-0.1, -0.05) is 30.3 Å². The Morgan fingerprint density at radius 2 is 1.48 bits per heavy atom. The standard InChI is InChI=1S/C27H28F2N2O2/c1-27(17-19-2-11-24-25(16-19)33-15-14-32-24)18-31(13-12-30-27)26(20-3-7-22(28)8-4-20)21-5-9-23(29)10-6-21/h2-11,16,26,30H,12-15,17-18H2,1H3. The number of benzene rings is 3. The second-order valence-corrected chi connectivity index (χ2v) is 9.12. The summed E-state index contributed by atoms with van der Waals surface area (Å²) in [6.45, 7) is 5.80. The van der Waals surface area contributed by atoms with Crippen molar-refractivity contribution in [1.29, 1.82) is 0 Å². The Morgan fingerprint density at radius 1 is 0.879 bits per heavy atom. The average molecular weight is 451 g/mol. The summed E-state index contributed by atoms with van der Waals surface area (Å²) in [4.78, 5) is 2.40. The van der Waals surface area contributed by atoms with Crippen molar-refractivity contribution in [2.45, 2.75) is 24.9 Å². The van der Waals surface area contributed by atoms with Crippen LogP contribution in [-0.2, 0) is 6.42 Å². The highest BCUT2D eigenvalue weighted by molar-refractivity contribution is 5.44. The molecule has 1 atom stereocenters. The van der Waals surface area contributed by atoms with Crippen molar-refractivity contribution in [2.75, 3.05) is 32.8 Å². The maximum absolute atomic E-state index is 13.6. The fourth-order valence-electron chi connectivity index (χ4n) is 4.98. The fourth-order valence-corrected chi connectivity index (χ4v) is 4.98. The van der Waals surface area contributed by atoms with Crippen LogP contribution in [0.5, 0.6) is 11.5 Å². The molecule has 4 nitrogen and oxygen atoms in total. The highest BCUT2D eigenvalue weighted by Crippen LogP contribution is 2.35. The molecule has 172 valence electrons. The Balaban J connectivity index is 1.41. The van der Waals surface area contributed by atoms with Crippen LogP contribution in [0, 0.1) is 11.6 Å².